The van der Waals surface area contributed by atoms with E-state index in [2.05, 4.69) is 6.58 Å². The van der Waals surface area contributed by atoms with Gasteiger partial charge in [-0.15, -0.1) is 6.58 Å². The van der Waals surface area contributed by atoms with Crippen molar-refractivity contribution >= 4 is 10.1 Å². The predicted molar refractivity (Wildman–Crippen MR) is 51.9 cm³/mol. The molecule has 1 rings (SSSR count). The number of hydrogen-bond acceptors (Lipinski definition) is 3. The third-order valence-corrected chi connectivity index (χ3v) is 3.02. The standard InChI is InChI=1S/C9H16O3S/c1-3-9(12-13(2,10)11)7-5-4-6-8-9/h3H,1,4-8H2,2H3. The minimum Gasteiger partial charge on any atom is -0.259 e. The van der Waals surface area contributed by atoms with Gasteiger partial charge < -0.3 is 0 Å². The molecule has 0 aromatic heterocycles. The van der Waals surface area contributed by atoms with E-state index < -0.39 is 15.7 Å². The molecular formula is C9H16O3S. The molecule has 0 aliphatic heterocycles. The average Bonchev–Trinajstić information content (AvgIpc) is 2.03. The Bertz CT molecular complexity index is 273. The van der Waals surface area contributed by atoms with Crippen molar-refractivity contribution in [1.82, 2.24) is 0 Å². The van der Waals surface area contributed by atoms with Crippen LogP contribution in [0.4, 0.5) is 0 Å². The maximum absolute atomic E-state index is 11.0. The predicted octanol–water partition coefficient (Wildman–Crippen LogP) is 1.85. The van der Waals surface area contributed by atoms with Crippen LogP contribution in [-0.2, 0) is 14.3 Å². The lowest BCUT2D eigenvalue weighted by Crippen LogP contribution is -2.34. The third-order valence-electron chi connectivity index (χ3n) is 2.39. The third kappa shape index (κ3) is 3.12. The van der Waals surface area contributed by atoms with Gasteiger partial charge in [0.1, 0.15) is 5.60 Å². The highest BCUT2D eigenvalue weighted by Crippen LogP contribution is 2.33. The van der Waals surface area contributed by atoms with Crippen LogP contribution in [0.3, 0.4) is 0 Å². The van der Waals surface area contributed by atoms with Crippen LogP contribution in [0.1, 0.15) is 32.1 Å². The zero-order chi connectivity index (χ0) is 9.95. The van der Waals surface area contributed by atoms with Crippen LogP contribution in [-0.4, -0.2) is 20.3 Å². The highest BCUT2D eigenvalue weighted by molar-refractivity contribution is 7.86. The zero-order valence-corrected chi connectivity index (χ0v) is 8.77. The Kier molecular flexibility index (Phi) is 3.14. The summed E-state index contributed by atoms with van der Waals surface area (Å²) < 4.78 is 27.1. The summed E-state index contributed by atoms with van der Waals surface area (Å²) in [6.45, 7) is 3.65. The molecule has 0 aromatic rings. The van der Waals surface area contributed by atoms with Gasteiger partial charge in [0.2, 0.25) is 0 Å². The van der Waals surface area contributed by atoms with Gasteiger partial charge in [-0.3, -0.25) is 4.18 Å². The van der Waals surface area contributed by atoms with Crippen molar-refractivity contribution in [3.05, 3.63) is 12.7 Å². The van der Waals surface area contributed by atoms with Crippen LogP contribution in [0.5, 0.6) is 0 Å². The Labute approximate surface area is 79.9 Å². The molecule has 0 bridgehead atoms. The fourth-order valence-electron chi connectivity index (χ4n) is 1.77. The van der Waals surface area contributed by atoms with E-state index >= 15 is 0 Å². The molecule has 1 saturated carbocycles. The topological polar surface area (TPSA) is 43.4 Å². The molecule has 76 valence electrons. The van der Waals surface area contributed by atoms with E-state index in [9.17, 15) is 8.42 Å². The van der Waals surface area contributed by atoms with Crippen molar-refractivity contribution in [3.8, 4) is 0 Å². The molecule has 0 radical (unpaired) electrons. The van der Waals surface area contributed by atoms with E-state index in [0.717, 1.165) is 38.4 Å². The van der Waals surface area contributed by atoms with Crippen molar-refractivity contribution in [3.63, 3.8) is 0 Å². The lowest BCUT2D eigenvalue weighted by atomic mass is 9.85. The van der Waals surface area contributed by atoms with Crippen molar-refractivity contribution < 1.29 is 12.6 Å². The second kappa shape index (κ2) is 3.80. The SMILES string of the molecule is C=CC1(OS(C)(=O)=O)CCCCC1. The van der Waals surface area contributed by atoms with Gasteiger partial charge in [0.15, 0.2) is 0 Å². The molecule has 1 aliphatic rings. The lowest BCUT2D eigenvalue weighted by molar-refractivity contribution is 0.0864. The summed E-state index contributed by atoms with van der Waals surface area (Å²) >= 11 is 0. The van der Waals surface area contributed by atoms with E-state index in [1.54, 1.807) is 6.08 Å². The van der Waals surface area contributed by atoms with Crippen molar-refractivity contribution in [2.45, 2.75) is 37.7 Å². The van der Waals surface area contributed by atoms with Crippen LogP contribution in [0.2, 0.25) is 0 Å². The van der Waals surface area contributed by atoms with Gasteiger partial charge in [0.25, 0.3) is 10.1 Å². The van der Waals surface area contributed by atoms with E-state index in [1.165, 1.54) is 0 Å². The monoisotopic (exact) mass is 204 g/mol. The molecule has 0 amide bonds. The Balaban J connectivity index is 2.74. The molecule has 1 aliphatic carbocycles. The molecule has 1 fully saturated rings. The summed E-state index contributed by atoms with van der Waals surface area (Å²) in [6.07, 6.45) is 7.44. The molecule has 4 heteroatoms. The first kappa shape index (κ1) is 10.7. The molecule has 0 unspecified atom stereocenters. The first-order valence-electron chi connectivity index (χ1n) is 4.52. The van der Waals surface area contributed by atoms with Gasteiger partial charge in [0, 0.05) is 0 Å². The van der Waals surface area contributed by atoms with Crippen molar-refractivity contribution in [2.75, 3.05) is 6.26 Å². The van der Waals surface area contributed by atoms with Gasteiger partial charge in [-0.05, 0) is 12.8 Å². The second-order valence-electron chi connectivity index (χ2n) is 3.62. The normalized spacial score (nSPS) is 22.5. The molecular weight excluding hydrogens is 188 g/mol. The molecule has 3 nitrogen and oxygen atoms in total. The number of rotatable bonds is 3. The maximum Gasteiger partial charge on any atom is 0.265 e. The van der Waals surface area contributed by atoms with Crippen LogP contribution in [0.25, 0.3) is 0 Å². The van der Waals surface area contributed by atoms with E-state index in [1.807, 2.05) is 0 Å². The first-order valence-corrected chi connectivity index (χ1v) is 6.33. The summed E-state index contributed by atoms with van der Waals surface area (Å²) in [7, 11) is -3.37. The molecule has 0 spiro atoms. The highest BCUT2D eigenvalue weighted by Gasteiger charge is 2.33. The van der Waals surface area contributed by atoms with Gasteiger partial charge in [-0.1, -0.05) is 25.3 Å². The Morgan fingerprint density at radius 3 is 2.23 bits per heavy atom. The minimum absolute atomic E-state index is 0.619. The van der Waals surface area contributed by atoms with Crippen molar-refractivity contribution in [1.29, 1.82) is 0 Å². The summed E-state index contributed by atoms with van der Waals surface area (Å²) in [4.78, 5) is 0. The first-order chi connectivity index (χ1) is 5.97. The smallest absolute Gasteiger partial charge is 0.259 e. The van der Waals surface area contributed by atoms with Crippen LogP contribution < -0.4 is 0 Å². The molecule has 13 heavy (non-hydrogen) atoms. The van der Waals surface area contributed by atoms with Gasteiger partial charge >= 0.3 is 0 Å². The van der Waals surface area contributed by atoms with Crippen molar-refractivity contribution in [2.24, 2.45) is 0 Å². The summed E-state index contributed by atoms with van der Waals surface area (Å²) in [5.74, 6) is 0. The Morgan fingerprint density at radius 1 is 1.31 bits per heavy atom. The van der Waals surface area contributed by atoms with Gasteiger partial charge in [-0.25, -0.2) is 0 Å². The van der Waals surface area contributed by atoms with Crippen LogP contribution in [0, 0.1) is 0 Å². The minimum atomic E-state index is -3.37. The van der Waals surface area contributed by atoms with Crippen LogP contribution in [0.15, 0.2) is 12.7 Å². The van der Waals surface area contributed by atoms with Crippen LogP contribution >= 0.6 is 0 Å². The second-order valence-corrected chi connectivity index (χ2v) is 5.19. The summed E-state index contributed by atoms with van der Waals surface area (Å²) in [5.41, 5.74) is -0.619. The molecule has 0 saturated heterocycles. The molecule has 0 N–H and O–H groups in total. The lowest BCUT2D eigenvalue weighted by Gasteiger charge is -2.32. The number of hydrogen-bond donors (Lipinski definition) is 0. The molecule has 0 atom stereocenters. The Hall–Kier alpha value is -0.350. The molecule has 0 heterocycles. The van der Waals surface area contributed by atoms with E-state index in [0.29, 0.717) is 0 Å². The Morgan fingerprint density at radius 2 is 1.85 bits per heavy atom. The summed E-state index contributed by atoms with van der Waals surface area (Å²) in [6, 6.07) is 0. The average molecular weight is 204 g/mol. The summed E-state index contributed by atoms with van der Waals surface area (Å²) in [5, 5.41) is 0. The fraction of sp³-hybridized carbons (Fsp3) is 0.778. The quantitative estimate of drug-likeness (QED) is 0.520. The maximum atomic E-state index is 11.0. The van der Waals surface area contributed by atoms with Gasteiger partial charge in [0.05, 0.1) is 6.26 Å². The van der Waals surface area contributed by atoms with E-state index in [4.69, 9.17) is 4.18 Å². The van der Waals surface area contributed by atoms with E-state index in [-0.39, 0.29) is 0 Å². The zero-order valence-electron chi connectivity index (χ0n) is 7.95. The highest BCUT2D eigenvalue weighted by atomic mass is 32.2. The molecule has 0 aromatic carbocycles. The van der Waals surface area contributed by atoms with Gasteiger partial charge in [-0.2, -0.15) is 8.42 Å². The fourth-order valence-corrected chi connectivity index (χ4v) is 2.61. The largest absolute Gasteiger partial charge is 0.265 e.